The molecular formula is C21H21N5O4. The summed E-state index contributed by atoms with van der Waals surface area (Å²) in [4.78, 5) is 28.3. The quantitative estimate of drug-likeness (QED) is 0.526. The normalized spacial score (nSPS) is 12.1. The molecule has 0 unspecified atom stereocenters. The van der Waals surface area contributed by atoms with Crippen molar-refractivity contribution in [1.82, 2.24) is 25.1 Å². The third-order valence-electron chi connectivity index (χ3n) is 4.98. The maximum absolute atomic E-state index is 12.9. The first-order chi connectivity index (χ1) is 14.4. The summed E-state index contributed by atoms with van der Waals surface area (Å²) in [6.07, 6.45) is 0. The highest BCUT2D eigenvalue weighted by atomic mass is 16.5. The minimum Gasteiger partial charge on any atom is -0.493 e. The summed E-state index contributed by atoms with van der Waals surface area (Å²) in [6, 6.07) is 10.6. The molecule has 154 valence electrons. The van der Waals surface area contributed by atoms with Gasteiger partial charge in [0.15, 0.2) is 22.7 Å². The molecule has 9 heteroatoms. The van der Waals surface area contributed by atoms with E-state index in [0.29, 0.717) is 22.5 Å². The van der Waals surface area contributed by atoms with Crippen LogP contribution in [0, 0.1) is 6.92 Å². The molecule has 1 atom stereocenters. The van der Waals surface area contributed by atoms with Gasteiger partial charge >= 0.3 is 0 Å². The van der Waals surface area contributed by atoms with E-state index in [-0.39, 0.29) is 17.3 Å². The van der Waals surface area contributed by atoms with Crippen LogP contribution in [-0.4, -0.2) is 39.9 Å². The molecule has 0 aliphatic carbocycles. The van der Waals surface area contributed by atoms with Crippen LogP contribution in [-0.2, 0) is 0 Å². The Morgan fingerprint density at radius 3 is 2.63 bits per heavy atom. The van der Waals surface area contributed by atoms with E-state index in [4.69, 9.17) is 9.47 Å². The number of nitrogens with zero attached hydrogens (tertiary/aromatic N) is 3. The number of hydrogen-bond donors (Lipinski definition) is 2. The maximum Gasteiger partial charge on any atom is 0.277 e. The number of aromatic amines is 1. The van der Waals surface area contributed by atoms with Crippen LogP contribution in [0.5, 0.6) is 11.5 Å². The van der Waals surface area contributed by atoms with Gasteiger partial charge in [0.25, 0.3) is 11.5 Å². The molecule has 30 heavy (non-hydrogen) atoms. The summed E-state index contributed by atoms with van der Waals surface area (Å²) in [6.45, 7) is 3.75. The van der Waals surface area contributed by atoms with Crippen molar-refractivity contribution in [3.05, 3.63) is 63.6 Å². The molecule has 2 aromatic heterocycles. The van der Waals surface area contributed by atoms with Gasteiger partial charge in [-0.3, -0.25) is 9.59 Å². The zero-order valence-electron chi connectivity index (χ0n) is 17.0. The van der Waals surface area contributed by atoms with Gasteiger partial charge in [0, 0.05) is 0 Å². The first-order valence-electron chi connectivity index (χ1n) is 9.33. The molecule has 0 bridgehead atoms. The number of carbonyl (C=O) groups excluding carboxylic acids is 1. The van der Waals surface area contributed by atoms with E-state index in [2.05, 4.69) is 20.6 Å². The van der Waals surface area contributed by atoms with Crippen molar-refractivity contribution in [2.45, 2.75) is 19.9 Å². The molecule has 2 aromatic carbocycles. The number of methoxy groups -OCH3 is 2. The van der Waals surface area contributed by atoms with Crippen molar-refractivity contribution in [3.8, 4) is 11.5 Å². The Morgan fingerprint density at radius 1 is 1.13 bits per heavy atom. The van der Waals surface area contributed by atoms with Crippen LogP contribution in [0.2, 0.25) is 0 Å². The van der Waals surface area contributed by atoms with Gasteiger partial charge < -0.3 is 19.8 Å². The standard InChI is InChI=1S/C21H21N5O4/c1-11-5-7-15-14(9-11)23-21(28)19-18(24-25-26(15)19)20(27)22-12(2)13-6-8-16(29-3)17(10-13)30-4/h5-10,12H,1-4H3,(H,22,27)(H,23,28)/t12-/m1/s1. The van der Waals surface area contributed by atoms with Crippen LogP contribution in [0.15, 0.2) is 41.2 Å². The molecule has 0 spiro atoms. The Bertz CT molecular complexity index is 1320. The van der Waals surface area contributed by atoms with Crippen LogP contribution in [0.1, 0.15) is 34.6 Å². The largest absolute Gasteiger partial charge is 0.493 e. The number of aromatic nitrogens is 4. The SMILES string of the molecule is COc1ccc([C@@H](C)NC(=O)c2nnn3c2c(=O)[nH]c2cc(C)ccc23)cc1OC. The summed E-state index contributed by atoms with van der Waals surface area (Å²) in [5.74, 6) is 0.658. The second-order valence-corrected chi connectivity index (χ2v) is 6.98. The number of benzene rings is 2. The Hall–Kier alpha value is -3.88. The Balaban J connectivity index is 1.68. The number of carbonyl (C=O) groups is 1. The van der Waals surface area contributed by atoms with Crippen LogP contribution in [0.3, 0.4) is 0 Å². The predicted octanol–water partition coefficient (Wildman–Crippen LogP) is 2.39. The van der Waals surface area contributed by atoms with Crippen molar-refractivity contribution in [2.24, 2.45) is 0 Å². The van der Waals surface area contributed by atoms with E-state index in [1.807, 2.05) is 38.1 Å². The monoisotopic (exact) mass is 407 g/mol. The number of amides is 1. The molecule has 0 aliphatic heterocycles. The van der Waals surface area contributed by atoms with Crippen molar-refractivity contribution in [1.29, 1.82) is 0 Å². The lowest BCUT2D eigenvalue weighted by Crippen LogP contribution is -2.28. The summed E-state index contributed by atoms with van der Waals surface area (Å²) in [5.41, 5.74) is 2.74. The smallest absolute Gasteiger partial charge is 0.277 e. The Kier molecular flexibility index (Phi) is 4.86. The zero-order valence-corrected chi connectivity index (χ0v) is 17.0. The second-order valence-electron chi connectivity index (χ2n) is 6.98. The third-order valence-corrected chi connectivity index (χ3v) is 4.98. The van der Waals surface area contributed by atoms with E-state index in [0.717, 1.165) is 11.1 Å². The minimum atomic E-state index is -0.496. The van der Waals surface area contributed by atoms with E-state index in [1.54, 1.807) is 26.4 Å². The highest BCUT2D eigenvalue weighted by molar-refractivity contribution is 5.99. The molecule has 2 heterocycles. The summed E-state index contributed by atoms with van der Waals surface area (Å²) >= 11 is 0. The summed E-state index contributed by atoms with van der Waals surface area (Å²) in [7, 11) is 3.11. The molecule has 0 fully saturated rings. The number of nitrogens with one attached hydrogen (secondary N) is 2. The molecule has 0 saturated carbocycles. The van der Waals surface area contributed by atoms with E-state index in [9.17, 15) is 9.59 Å². The molecule has 0 saturated heterocycles. The Morgan fingerprint density at radius 2 is 1.90 bits per heavy atom. The van der Waals surface area contributed by atoms with Gasteiger partial charge in [-0.2, -0.15) is 0 Å². The summed E-state index contributed by atoms with van der Waals surface area (Å²) < 4.78 is 12.0. The fourth-order valence-electron chi connectivity index (χ4n) is 3.39. The lowest BCUT2D eigenvalue weighted by molar-refractivity contribution is 0.0936. The number of fused-ring (bicyclic) bond motifs is 3. The van der Waals surface area contributed by atoms with E-state index in [1.165, 1.54) is 4.52 Å². The van der Waals surface area contributed by atoms with Crippen LogP contribution in [0.25, 0.3) is 16.6 Å². The number of H-pyrrole nitrogens is 1. The molecule has 1 amide bonds. The van der Waals surface area contributed by atoms with Crippen molar-refractivity contribution in [2.75, 3.05) is 14.2 Å². The van der Waals surface area contributed by atoms with Crippen LogP contribution >= 0.6 is 0 Å². The van der Waals surface area contributed by atoms with Gasteiger partial charge in [-0.05, 0) is 49.2 Å². The zero-order chi connectivity index (χ0) is 21.4. The fourth-order valence-corrected chi connectivity index (χ4v) is 3.39. The van der Waals surface area contributed by atoms with Gasteiger partial charge in [-0.15, -0.1) is 5.10 Å². The summed E-state index contributed by atoms with van der Waals surface area (Å²) in [5, 5.41) is 10.9. The van der Waals surface area contributed by atoms with E-state index < -0.39 is 11.5 Å². The van der Waals surface area contributed by atoms with Gasteiger partial charge in [-0.25, -0.2) is 4.52 Å². The highest BCUT2D eigenvalue weighted by Crippen LogP contribution is 2.30. The first kappa shape index (κ1) is 19.4. The maximum atomic E-state index is 12.9. The average Bonchev–Trinajstić information content (AvgIpc) is 3.19. The number of rotatable bonds is 5. The number of aryl methyl sites for hydroxylation is 1. The molecule has 0 aliphatic rings. The lowest BCUT2D eigenvalue weighted by atomic mass is 10.1. The molecular weight excluding hydrogens is 386 g/mol. The van der Waals surface area contributed by atoms with Gasteiger partial charge in [-0.1, -0.05) is 17.3 Å². The minimum absolute atomic E-state index is 0.0361. The third kappa shape index (κ3) is 3.24. The molecule has 4 aromatic rings. The van der Waals surface area contributed by atoms with Gasteiger partial charge in [0.1, 0.15) is 0 Å². The average molecular weight is 407 g/mol. The fraction of sp³-hybridized carbons (Fsp3) is 0.238. The van der Waals surface area contributed by atoms with Crippen molar-refractivity contribution >= 4 is 22.5 Å². The molecule has 2 N–H and O–H groups in total. The number of ether oxygens (including phenoxy) is 2. The van der Waals surface area contributed by atoms with Crippen LogP contribution in [0.4, 0.5) is 0 Å². The Labute approximate surface area is 171 Å². The highest BCUT2D eigenvalue weighted by Gasteiger charge is 2.22. The predicted molar refractivity (Wildman–Crippen MR) is 111 cm³/mol. The first-order valence-corrected chi connectivity index (χ1v) is 9.33. The van der Waals surface area contributed by atoms with E-state index >= 15 is 0 Å². The lowest BCUT2D eigenvalue weighted by Gasteiger charge is -2.16. The molecule has 0 radical (unpaired) electrons. The molecule has 9 nitrogen and oxygen atoms in total. The molecule has 4 rings (SSSR count). The van der Waals surface area contributed by atoms with Gasteiger partial charge in [0.2, 0.25) is 0 Å². The topological polar surface area (TPSA) is 111 Å². The van der Waals surface area contributed by atoms with Crippen molar-refractivity contribution < 1.29 is 14.3 Å². The van der Waals surface area contributed by atoms with Crippen LogP contribution < -0.4 is 20.3 Å². The number of hydrogen-bond acceptors (Lipinski definition) is 6. The van der Waals surface area contributed by atoms with Crippen molar-refractivity contribution in [3.63, 3.8) is 0 Å². The second kappa shape index (κ2) is 7.51. The van der Waals surface area contributed by atoms with Gasteiger partial charge in [0.05, 0.1) is 31.3 Å².